The van der Waals surface area contributed by atoms with Crippen molar-refractivity contribution in [3.05, 3.63) is 64.8 Å². The molecule has 27 heavy (non-hydrogen) atoms. The Balaban J connectivity index is 2.03. The van der Waals surface area contributed by atoms with Crippen LogP contribution in [0, 0.1) is 0 Å². The molecule has 0 radical (unpaired) electrons. The van der Waals surface area contributed by atoms with Crippen LogP contribution < -0.4 is 5.73 Å². The summed E-state index contributed by atoms with van der Waals surface area (Å²) in [6.07, 6.45) is 2.02. The third kappa shape index (κ3) is 3.38. The highest BCUT2D eigenvalue weighted by molar-refractivity contribution is 7.99. The van der Waals surface area contributed by atoms with E-state index < -0.39 is 0 Å². The van der Waals surface area contributed by atoms with E-state index in [-0.39, 0.29) is 0 Å². The lowest BCUT2D eigenvalue weighted by atomic mass is 10.1. The van der Waals surface area contributed by atoms with Gasteiger partial charge in [-0.15, -0.1) is 0 Å². The monoisotopic (exact) mass is 414 g/mol. The zero-order valence-electron chi connectivity index (χ0n) is 14.5. The Bertz CT molecular complexity index is 1130. The number of hydrogen-bond acceptors (Lipinski definition) is 4. The highest BCUT2D eigenvalue weighted by Gasteiger charge is 2.18. The molecule has 0 saturated carbocycles. The Labute approximate surface area is 171 Å². The zero-order chi connectivity index (χ0) is 19.0. The van der Waals surface area contributed by atoms with Crippen molar-refractivity contribution in [3.8, 4) is 16.8 Å². The fraction of sp³-hybridized carbons (Fsp3) is 0.100. The molecule has 4 nitrogen and oxygen atoms in total. The molecule has 0 aliphatic heterocycles. The molecule has 0 fully saturated rings. The first-order chi connectivity index (χ1) is 13.1. The highest BCUT2D eigenvalue weighted by Crippen LogP contribution is 2.36. The quantitative estimate of drug-likeness (QED) is 0.324. The van der Waals surface area contributed by atoms with Crippen molar-refractivity contribution < 1.29 is 0 Å². The number of nitrogen functional groups attached to an aromatic ring is 1. The number of benzene rings is 2. The molecule has 4 aromatic rings. The van der Waals surface area contributed by atoms with Gasteiger partial charge >= 0.3 is 0 Å². The number of hydrogen-bond donors (Lipinski definition) is 1. The molecule has 0 spiro atoms. The summed E-state index contributed by atoms with van der Waals surface area (Å²) in [4.78, 5) is 9.24. The summed E-state index contributed by atoms with van der Waals surface area (Å²) in [7, 11) is 0. The van der Waals surface area contributed by atoms with Gasteiger partial charge in [-0.05, 0) is 29.5 Å². The maximum absolute atomic E-state index is 6.35. The van der Waals surface area contributed by atoms with Crippen LogP contribution in [0.15, 0.2) is 59.9 Å². The Morgan fingerprint density at radius 2 is 1.81 bits per heavy atom. The second-order valence-corrected chi connectivity index (χ2v) is 7.95. The van der Waals surface area contributed by atoms with Crippen LogP contribution in [0.3, 0.4) is 0 Å². The molecule has 2 aromatic heterocycles. The number of nitrogens with zero attached hydrogens (tertiary/aromatic N) is 3. The molecule has 0 atom stereocenters. The van der Waals surface area contributed by atoms with Gasteiger partial charge in [0.15, 0.2) is 10.8 Å². The van der Waals surface area contributed by atoms with E-state index in [0.29, 0.717) is 21.0 Å². The van der Waals surface area contributed by atoms with E-state index in [1.807, 2.05) is 53.2 Å². The number of fused-ring (bicyclic) bond motifs is 1. The van der Waals surface area contributed by atoms with Gasteiger partial charge < -0.3 is 10.3 Å². The van der Waals surface area contributed by atoms with Crippen LogP contribution in [0.1, 0.15) is 6.92 Å². The fourth-order valence-electron chi connectivity index (χ4n) is 2.99. The first kappa shape index (κ1) is 18.2. The van der Waals surface area contributed by atoms with E-state index in [0.717, 1.165) is 33.6 Å². The van der Waals surface area contributed by atoms with Gasteiger partial charge in [-0.3, -0.25) is 0 Å². The molecule has 0 unspecified atom stereocenters. The molecule has 7 heteroatoms. The standard InChI is InChI=1S/C20H16Cl2N4S/c1-2-27-20-24-18(23)17-14(12-6-4-3-5-7-12)11-26(19(17)25-20)13-8-9-15(21)16(22)10-13/h3-11H,2H2,1H3,(H2,23,24,25). The molecule has 4 rings (SSSR count). The molecule has 136 valence electrons. The Morgan fingerprint density at radius 1 is 1.04 bits per heavy atom. The smallest absolute Gasteiger partial charge is 0.191 e. The fourth-order valence-corrected chi connectivity index (χ4v) is 3.86. The average molecular weight is 415 g/mol. The molecule has 0 aliphatic rings. The SMILES string of the molecule is CCSc1nc(N)c2c(-c3ccccc3)cn(-c3ccc(Cl)c(Cl)c3)c2n1. The minimum Gasteiger partial charge on any atom is -0.383 e. The molecule has 0 bridgehead atoms. The first-order valence-corrected chi connectivity index (χ1v) is 10.1. The summed E-state index contributed by atoms with van der Waals surface area (Å²) in [6, 6.07) is 15.6. The molecule has 0 saturated heterocycles. The van der Waals surface area contributed by atoms with Crippen LogP contribution in [0.5, 0.6) is 0 Å². The topological polar surface area (TPSA) is 56.7 Å². The van der Waals surface area contributed by atoms with E-state index in [1.54, 1.807) is 17.8 Å². The van der Waals surface area contributed by atoms with Crippen LogP contribution in [-0.2, 0) is 0 Å². The van der Waals surface area contributed by atoms with E-state index in [2.05, 4.69) is 11.9 Å². The van der Waals surface area contributed by atoms with Gasteiger partial charge in [0, 0.05) is 17.4 Å². The summed E-state index contributed by atoms with van der Waals surface area (Å²) in [5.74, 6) is 1.33. The maximum atomic E-state index is 6.35. The summed E-state index contributed by atoms with van der Waals surface area (Å²) in [5.41, 5.74) is 9.98. The van der Waals surface area contributed by atoms with E-state index in [9.17, 15) is 0 Å². The largest absolute Gasteiger partial charge is 0.383 e. The lowest BCUT2D eigenvalue weighted by Gasteiger charge is -2.07. The van der Waals surface area contributed by atoms with Gasteiger partial charge in [0.25, 0.3) is 0 Å². The second kappa shape index (κ2) is 7.43. The molecular formula is C20H16Cl2N4S. The van der Waals surface area contributed by atoms with E-state index in [4.69, 9.17) is 33.9 Å². The lowest BCUT2D eigenvalue weighted by molar-refractivity contribution is 0.974. The van der Waals surface area contributed by atoms with Crippen LogP contribution >= 0.6 is 35.0 Å². The van der Waals surface area contributed by atoms with Crippen molar-refractivity contribution in [2.45, 2.75) is 12.1 Å². The predicted octanol–water partition coefficient (Wildman–Crippen LogP) is 6.09. The Kier molecular flexibility index (Phi) is 5.00. The third-order valence-corrected chi connectivity index (χ3v) is 5.66. The van der Waals surface area contributed by atoms with Crippen LogP contribution in [0.4, 0.5) is 5.82 Å². The summed E-state index contributed by atoms with van der Waals surface area (Å²) in [6.45, 7) is 2.06. The molecule has 2 N–H and O–H groups in total. The highest BCUT2D eigenvalue weighted by atomic mass is 35.5. The maximum Gasteiger partial charge on any atom is 0.191 e. The number of rotatable bonds is 4. The number of nitrogens with two attached hydrogens (primary N) is 1. The van der Waals surface area contributed by atoms with Gasteiger partial charge in [-0.2, -0.15) is 0 Å². The summed E-state index contributed by atoms with van der Waals surface area (Å²) >= 11 is 13.9. The normalized spacial score (nSPS) is 11.2. The Morgan fingerprint density at radius 3 is 2.52 bits per heavy atom. The van der Waals surface area contributed by atoms with Gasteiger partial charge in [-0.1, -0.05) is 72.2 Å². The first-order valence-electron chi connectivity index (χ1n) is 8.40. The third-order valence-electron chi connectivity index (χ3n) is 4.19. The molecule has 0 amide bonds. The number of aromatic nitrogens is 3. The minimum absolute atomic E-state index is 0.466. The van der Waals surface area contributed by atoms with Crippen LogP contribution in [-0.4, -0.2) is 20.3 Å². The van der Waals surface area contributed by atoms with E-state index >= 15 is 0 Å². The lowest BCUT2D eigenvalue weighted by Crippen LogP contribution is -2.00. The number of anilines is 1. The van der Waals surface area contributed by atoms with Gasteiger partial charge in [0.05, 0.1) is 15.4 Å². The van der Waals surface area contributed by atoms with E-state index in [1.165, 1.54) is 0 Å². The number of thioether (sulfide) groups is 1. The Hall–Kier alpha value is -2.21. The molecule has 2 heterocycles. The van der Waals surface area contributed by atoms with Gasteiger partial charge in [0.1, 0.15) is 5.82 Å². The van der Waals surface area contributed by atoms with Crippen molar-refractivity contribution in [2.24, 2.45) is 0 Å². The molecular weight excluding hydrogens is 399 g/mol. The van der Waals surface area contributed by atoms with Crippen molar-refractivity contribution in [1.82, 2.24) is 14.5 Å². The summed E-state index contributed by atoms with van der Waals surface area (Å²) in [5, 5.41) is 2.48. The second-order valence-electron chi connectivity index (χ2n) is 5.90. The van der Waals surface area contributed by atoms with Gasteiger partial charge in [0.2, 0.25) is 0 Å². The predicted molar refractivity (Wildman–Crippen MR) is 115 cm³/mol. The van der Waals surface area contributed by atoms with Gasteiger partial charge in [-0.25, -0.2) is 9.97 Å². The van der Waals surface area contributed by atoms with Crippen LogP contribution in [0.25, 0.3) is 27.8 Å². The molecule has 0 aliphatic carbocycles. The minimum atomic E-state index is 0.466. The van der Waals surface area contributed by atoms with Crippen molar-refractivity contribution in [1.29, 1.82) is 0 Å². The average Bonchev–Trinajstić information content (AvgIpc) is 3.05. The summed E-state index contributed by atoms with van der Waals surface area (Å²) < 4.78 is 1.98. The van der Waals surface area contributed by atoms with Crippen molar-refractivity contribution in [3.63, 3.8) is 0 Å². The van der Waals surface area contributed by atoms with Crippen molar-refractivity contribution >= 4 is 51.8 Å². The zero-order valence-corrected chi connectivity index (χ0v) is 16.8. The van der Waals surface area contributed by atoms with Crippen LogP contribution in [0.2, 0.25) is 10.0 Å². The molecule has 2 aromatic carbocycles. The van der Waals surface area contributed by atoms with Crippen molar-refractivity contribution in [2.75, 3.05) is 11.5 Å². The number of halogens is 2.